The first-order chi connectivity index (χ1) is 25.9. The molecule has 2 aromatic rings. The monoisotopic (exact) mass is 770 g/mol. The topological polar surface area (TPSA) is 173 Å². The molecule has 0 bridgehead atoms. The van der Waals surface area contributed by atoms with Crippen molar-refractivity contribution in [3.05, 3.63) is 48.1 Å². The number of aromatic nitrogens is 3. The van der Waals surface area contributed by atoms with Gasteiger partial charge in [-0.25, -0.2) is 19.0 Å². The van der Waals surface area contributed by atoms with Crippen LogP contribution in [0.15, 0.2) is 36.7 Å². The Morgan fingerprint density at radius 1 is 1.02 bits per heavy atom. The van der Waals surface area contributed by atoms with Gasteiger partial charge in [-0.2, -0.15) is 0 Å². The highest BCUT2D eigenvalue weighted by atomic mass is 19.1. The first kappa shape index (κ1) is 44.7. The Kier molecular flexibility index (Phi) is 16.5. The van der Waals surface area contributed by atoms with Gasteiger partial charge < -0.3 is 34.5 Å². The molecule has 2 N–H and O–H groups in total. The number of anilines is 1. The van der Waals surface area contributed by atoms with Crippen molar-refractivity contribution in [2.24, 2.45) is 17.3 Å². The van der Waals surface area contributed by atoms with Crippen LogP contribution < -0.4 is 9.64 Å². The number of nitrogens with zero attached hydrogens (tertiary/aromatic N) is 8. The average Bonchev–Trinajstić information content (AvgIpc) is 3.55. The summed E-state index contributed by atoms with van der Waals surface area (Å²) in [4.78, 5) is 59.7. The average molecular weight is 771 g/mol. The lowest BCUT2D eigenvalue weighted by Crippen LogP contribution is -2.62. The normalized spacial score (nSPS) is 16.2. The van der Waals surface area contributed by atoms with Gasteiger partial charge in [-0.15, -0.1) is 10.2 Å². The van der Waals surface area contributed by atoms with Crippen LogP contribution in [0, 0.1) is 23.1 Å². The Hall–Kier alpha value is -4.70. The van der Waals surface area contributed by atoms with Crippen LogP contribution in [0.3, 0.4) is 0 Å². The fraction of sp³-hybridized carbons (Fsp3) is 0.615. The molecule has 2 atom stereocenters. The van der Waals surface area contributed by atoms with Gasteiger partial charge in [0.25, 0.3) is 11.8 Å². The number of amides is 2. The van der Waals surface area contributed by atoms with Crippen LogP contribution in [0.5, 0.6) is 11.6 Å². The van der Waals surface area contributed by atoms with Crippen molar-refractivity contribution in [1.29, 1.82) is 0 Å². The van der Waals surface area contributed by atoms with Crippen molar-refractivity contribution in [2.45, 2.75) is 72.9 Å². The highest BCUT2D eigenvalue weighted by Crippen LogP contribution is 2.44. The molecule has 0 unspecified atom stereocenters. The zero-order valence-electron chi connectivity index (χ0n) is 33.7. The lowest BCUT2D eigenvalue weighted by molar-refractivity contribution is -0.134. The Morgan fingerprint density at radius 2 is 1.67 bits per heavy atom. The Morgan fingerprint density at radius 3 is 2.24 bits per heavy atom. The number of carbonyl (C=O) groups is 4. The molecule has 3 heterocycles. The molecule has 15 nitrogen and oxygen atoms in total. The number of rotatable bonds is 17. The summed E-state index contributed by atoms with van der Waals surface area (Å²) in [6.07, 6.45) is 5.78. The van der Waals surface area contributed by atoms with E-state index in [9.17, 15) is 23.6 Å². The fourth-order valence-corrected chi connectivity index (χ4v) is 7.45. The molecular formula is C39H59FN8O7. The van der Waals surface area contributed by atoms with E-state index in [1.54, 1.807) is 9.80 Å². The summed E-state index contributed by atoms with van der Waals surface area (Å²) in [6.45, 7) is 18.3. The fourth-order valence-electron chi connectivity index (χ4n) is 7.45. The van der Waals surface area contributed by atoms with E-state index in [-0.39, 0.29) is 46.4 Å². The van der Waals surface area contributed by atoms with E-state index < -0.39 is 17.8 Å². The van der Waals surface area contributed by atoms with Crippen LogP contribution in [0.25, 0.3) is 0 Å². The molecule has 0 saturated carbocycles. The van der Waals surface area contributed by atoms with E-state index >= 15 is 0 Å². The van der Waals surface area contributed by atoms with E-state index in [1.165, 1.54) is 24.5 Å². The van der Waals surface area contributed by atoms with E-state index in [2.05, 4.69) is 50.8 Å². The SMILES string of the molecule is CCN(C(=O)c1cc(F)ccc1Oc1nncnc1N1CCC2(C1)CN([C@H](CCCN(C)C[C@H](C)C(=O)N(C)C)C(C)C)C2)C(C)C.O=C(O)/C=C/C(=O)O. The summed E-state index contributed by atoms with van der Waals surface area (Å²) < 4.78 is 20.5. The molecule has 2 aliphatic rings. The summed E-state index contributed by atoms with van der Waals surface area (Å²) in [5, 5.41) is 23.8. The zero-order chi connectivity index (χ0) is 41.0. The first-order valence-corrected chi connectivity index (χ1v) is 18.9. The lowest BCUT2D eigenvalue weighted by Gasteiger charge is -2.53. The maximum Gasteiger partial charge on any atom is 0.328 e. The van der Waals surface area contributed by atoms with Crippen molar-refractivity contribution in [2.75, 3.05) is 71.9 Å². The quantitative estimate of drug-likeness (QED) is 0.218. The second-order valence-corrected chi connectivity index (χ2v) is 15.5. The number of hydrogen-bond donors (Lipinski definition) is 2. The van der Waals surface area contributed by atoms with Crippen LogP contribution >= 0.6 is 0 Å². The third-order valence-corrected chi connectivity index (χ3v) is 10.1. The van der Waals surface area contributed by atoms with Crippen LogP contribution in [-0.2, 0) is 14.4 Å². The number of carboxylic acids is 2. The third-order valence-electron chi connectivity index (χ3n) is 10.1. The Balaban J connectivity index is 0.000000912. The highest BCUT2D eigenvalue weighted by Gasteiger charge is 2.50. The summed E-state index contributed by atoms with van der Waals surface area (Å²) in [5.41, 5.74) is 0.316. The van der Waals surface area contributed by atoms with Crippen LogP contribution in [0.4, 0.5) is 10.2 Å². The number of benzene rings is 1. The van der Waals surface area contributed by atoms with Crippen molar-refractivity contribution in [3.63, 3.8) is 0 Å². The molecule has 304 valence electrons. The third kappa shape index (κ3) is 12.7. The van der Waals surface area contributed by atoms with Crippen molar-refractivity contribution in [1.82, 2.24) is 34.8 Å². The molecule has 4 rings (SSSR count). The van der Waals surface area contributed by atoms with Crippen LogP contribution in [0.1, 0.15) is 71.2 Å². The summed E-state index contributed by atoms with van der Waals surface area (Å²) in [6, 6.07) is 4.43. The predicted octanol–water partition coefficient (Wildman–Crippen LogP) is 4.36. The molecule has 16 heteroatoms. The van der Waals surface area contributed by atoms with Gasteiger partial charge in [0.15, 0.2) is 5.82 Å². The van der Waals surface area contributed by atoms with Gasteiger partial charge in [-0.3, -0.25) is 14.5 Å². The van der Waals surface area contributed by atoms with Gasteiger partial charge >= 0.3 is 11.9 Å². The van der Waals surface area contributed by atoms with E-state index in [0.29, 0.717) is 36.5 Å². The van der Waals surface area contributed by atoms with Gasteiger partial charge in [0.1, 0.15) is 17.9 Å². The summed E-state index contributed by atoms with van der Waals surface area (Å²) in [7, 11) is 5.73. The van der Waals surface area contributed by atoms with Crippen molar-refractivity contribution in [3.8, 4) is 11.6 Å². The minimum atomic E-state index is -1.26. The van der Waals surface area contributed by atoms with Gasteiger partial charge in [0.2, 0.25) is 5.91 Å². The number of carboxylic acid groups (broad SMARTS) is 2. The van der Waals surface area contributed by atoms with E-state index in [0.717, 1.165) is 58.5 Å². The molecule has 0 aliphatic carbocycles. The lowest BCUT2D eigenvalue weighted by atomic mass is 9.76. The van der Waals surface area contributed by atoms with E-state index in [1.807, 2.05) is 41.8 Å². The second kappa shape index (κ2) is 20.3. The maximum atomic E-state index is 14.3. The Labute approximate surface area is 324 Å². The van der Waals surface area contributed by atoms with Gasteiger partial charge in [-0.05, 0) is 77.7 Å². The van der Waals surface area contributed by atoms with E-state index in [4.69, 9.17) is 14.9 Å². The molecule has 1 spiro atoms. The molecule has 55 heavy (non-hydrogen) atoms. The van der Waals surface area contributed by atoms with Crippen LogP contribution in [0.2, 0.25) is 0 Å². The second-order valence-electron chi connectivity index (χ2n) is 15.5. The molecule has 1 aromatic carbocycles. The van der Waals surface area contributed by atoms with Gasteiger partial charge in [0.05, 0.1) is 5.56 Å². The molecule has 2 fully saturated rings. The molecule has 0 radical (unpaired) electrons. The Bertz CT molecular complexity index is 1630. The summed E-state index contributed by atoms with van der Waals surface area (Å²) >= 11 is 0. The number of likely N-dealkylation sites (tertiary alicyclic amines) is 1. The number of ether oxygens (including phenoxy) is 1. The highest BCUT2D eigenvalue weighted by molar-refractivity contribution is 5.97. The van der Waals surface area contributed by atoms with Crippen LogP contribution in [-0.4, -0.2) is 148 Å². The molecule has 1 aromatic heterocycles. The first-order valence-electron chi connectivity index (χ1n) is 18.9. The number of aliphatic carboxylic acids is 2. The molecular weight excluding hydrogens is 711 g/mol. The zero-order valence-corrected chi connectivity index (χ0v) is 33.7. The standard InChI is InChI=1S/C35H55FN8O3.C4H4O4/c1-10-44(25(4)5)34(46)28-18-27(36)13-14-30(28)47-32-31(37-23-38-39-32)42-17-15-35(20-42)21-43(22-35)29(24(2)3)12-11-16-41(9)19-26(6)33(45)40(7)8;5-3(6)1-2-4(7)8/h13-14,18,23-26,29H,10-12,15-17,19-22H2,1-9H3;1-2H,(H,5,6)(H,7,8)/b;2-1+/t26-,29+;/m0./s1. The maximum absolute atomic E-state index is 14.3. The largest absolute Gasteiger partial charge is 0.478 e. The number of carbonyl (C=O) groups excluding carboxylic acids is 2. The summed E-state index contributed by atoms with van der Waals surface area (Å²) in [5.74, 6) is -1.60. The minimum Gasteiger partial charge on any atom is -0.478 e. The molecule has 2 aliphatic heterocycles. The van der Waals surface area contributed by atoms with Crippen molar-refractivity contribution < 1.29 is 38.5 Å². The predicted molar refractivity (Wildman–Crippen MR) is 207 cm³/mol. The van der Waals surface area contributed by atoms with Gasteiger partial charge in [-0.1, -0.05) is 20.8 Å². The van der Waals surface area contributed by atoms with Gasteiger partial charge in [0, 0.05) is 88.9 Å². The smallest absolute Gasteiger partial charge is 0.328 e. The van der Waals surface area contributed by atoms with Crippen molar-refractivity contribution >= 4 is 29.6 Å². The minimum absolute atomic E-state index is 0.0102. The number of halogens is 1. The number of hydrogen-bond acceptors (Lipinski definition) is 11. The molecule has 2 amide bonds. The molecule has 2 saturated heterocycles.